The van der Waals surface area contributed by atoms with Crippen LogP contribution >= 0.6 is 12.2 Å². The first-order chi connectivity index (χ1) is 9.95. The molecule has 4 atom stereocenters. The van der Waals surface area contributed by atoms with Gasteiger partial charge in [0.05, 0.1) is 17.2 Å². The highest BCUT2D eigenvalue weighted by atomic mass is 32.1. The number of fused-ring (bicyclic) bond motifs is 1. The lowest BCUT2D eigenvalue weighted by Gasteiger charge is -2.25. The van der Waals surface area contributed by atoms with E-state index in [1.54, 1.807) is 6.07 Å². The Balaban J connectivity index is 2.18. The Morgan fingerprint density at radius 2 is 1.76 bits per heavy atom. The van der Waals surface area contributed by atoms with Crippen LogP contribution < -0.4 is 0 Å². The van der Waals surface area contributed by atoms with Gasteiger partial charge < -0.3 is 30.5 Å². The summed E-state index contributed by atoms with van der Waals surface area (Å²) in [6.07, 6.45) is -6.51. The number of hydrogen-bond acceptors (Lipinski definition) is 6. The van der Waals surface area contributed by atoms with Gasteiger partial charge in [-0.2, -0.15) is 0 Å². The van der Waals surface area contributed by atoms with Crippen LogP contribution in [0.4, 0.5) is 0 Å². The average molecular weight is 311 g/mol. The molecule has 0 radical (unpaired) electrons. The van der Waals surface area contributed by atoms with Gasteiger partial charge in [0.2, 0.25) is 0 Å². The molecule has 1 aromatic heterocycles. The lowest BCUT2D eigenvalue weighted by molar-refractivity contribution is -0.100. The zero-order valence-corrected chi connectivity index (χ0v) is 11.9. The summed E-state index contributed by atoms with van der Waals surface area (Å²) in [5.74, 6) is 0. The highest BCUT2D eigenvalue weighted by Gasteiger charge is 2.33. The lowest BCUT2D eigenvalue weighted by atomic mass is 10.00. The second-order valence-electron chi connectivity index (χ2n) is 4.81. The quantitative estimate of drug-likeness (QED) is 0.311. The van der Waals surface area contributed by atoms with Gasteiger partial charge in [-0.05, 0) is 12.1 Å². The van der Waals surface area contributed by atoms with Crippen LogP contribution in [0.5, 0.6) is 0 Å². The molecule has 1 heterocycles. The maximum absolute atomic E-state index is 10.0. The third-order valence-electron chi connectivity index (χ3n) is 3.32. The molecule has 0 bridgehead atoms. The molecular weight excluding hydrogens is 294 g/mol. The molecule has 6 N–H and O–H groups in total. The predicted molar refractivity (Wildman–Crippen MR) is 81.1 cm³/mol. The van der Waals surface area contributed by atoms with Gasteiger partial charge >= 0.3 is 0 Å². The van der Waals surface area contributed by atoms with Crippen LogP contribution in [0.1, 0.15) is 5.69 Å². The van der Waals surface area contributed by atoms with Crippen molar-refractivity contribution in [2.75, 3.05) is 6.61 Å². The molecule has 0 amide bonds. The standard InChI is InChI=1S/C14H17NO5S/c16-6-10(17)11(18)12(19)13(20)14(21)9-5-7-3-1-2-4-8(7)15-9/h1-5,10-13,15-20H,6H2/t10-,11-,12+,13-/m1/s1. The van der Waals surface area contributed by atoms with E-state index in [2.05, 4.69) is 4.98 Å². The molecule has 0 unspecified atom stereocenters. The van der Waals surface area contributed by atoms with Gasteiger partial charge in [0.15, 0.2) is 0 Å². The summed E-state index contributed by atoms with van der Waals surface area (Å²) in [5, 5.41) is 48.4. The van der Waals surface area contributed by atoms with Crippen LogP contribution in [0.2, 0.25) is 0 Å². The van der Waals surface area contributed by atoms with Crippen molar-refractivity contribution in [1.82, 2.24) is 4.98 Å². The number of H-pyrrole nitrogens is 1. The van der Waals surface area contributed by atoms with E-state index in [9.17, 15) is 20.4 Å². The molecule has 0 saturated heterocycles. The lowest BCUT2D eigenvalue weighted by Crippen LogP contribution is -2.48. The van der Waals surface area contributed by atoms with Crippen molar-refractivity contribution in [2.45, 2.75) is 24.4 Å². The van der Waals surface area contributed by atoms with Crippen molar-refractivity contribution in [1.29, 1.82) is 0 Å². The fourth-order valence-electron chi connectivity index (χ4n) is 2.04. The number of nitrogens with one attached hydrogen (secondary N) is 1. The molecule has 0 aliphatic carbocycles. The molecule has 0 aliphatic heterocycles. The highest BCUT2D eigenvalue weighted by molar-refractivity contribution is 7.81. The number of rotatable bonds is 6. The van der Waals surface area contributed by atoms with E-state index in [1.807, 2.05) is 24.3 Å². The fourth-order valence-corrected chi connectivity index (χ4v) is 2.29. The number of aromatic amines is 1. The Morgan fingerprint density at radius 1 is 1.10 bits per heavy atom. The Kier molecular flexibility index (Phi) is 5.04. The molecule has 114 valence electrons. The Morgan fingerprint density at radius 3 is 2.38 bits per heavy atom. The van der Waals surface area contributed by atoms with Crippen molar-refractivity contribution in [2.24, 2.45) is 0 Å². The SMILES string of the molecule is OC[C@@H](O)[C@@H](O)[C@H](O)[C@@H](O)C(=S)c1cc2ccccc2[nH]1. The van der Waals surface area contributed by atoms with Gasteiger partial charge in [-0.3, -0.25) is 0 Å². The zero-order valence-electron chi connectivity index (χ0n) is 11.0. The fraction of sp³-hybridized carbons (Fsp3) is 0.357. The minimum atomic E-state index is -1.70. The van der Waals surface area contributed by atoms with Crippen LogP contribution in [0, 0.1) is 0 Å². The first kappa shape index (κ1) is 16.0. The van der Waals surface area contributed by atoms with Gasteiger partial charge in [-0.1, -0.05) is 30.4 Å². The molecule has 2 rings (SSSR count). The van der Waals surface area contributed by atoms with Gasteiger partial charge in [0.25, 0.3) is 0 Å². The monoisotopic (exact) mass is 311 g/mol. The van der Waals surface area contributed by atoms with Crippen LogP contribution in [0.15, 0.2) is 30.3 Å². The molecule has 7 heteroatoms. The Bertz CT molecular complexity index is 596. The molecule has 6 nitrogen and oxygen atoms in total. The zero-order chi connectivity index (χ0) is 15.6. The average Bonchev–Trinajstić information content (AvgIpc) is 2.95. The van der Waals surface area contributed by atoms with Gasteiger partial charge in [0, 0.05) is 10.9 Å². The van der Waals surface area contributed by atoms with E-state index < -0.39 is 31.0 Å². The number of aliphatic hydroxyl groups is 5. The summed E-state index contributed by atoms with van der Waals surface area (Å²) in [7, 11) is 0. The topological polar surface area (TPSA) is 117 Å². The first-order valence-corrected chi connectivity index (χ1v) is 6.81. The van der Waals surface area contributed by atoms with Crippen LogP contribution in [-0.2, 0) is 0 Å². The van der Waals surface area contributed by atoms with Crippen LogP contribution in [-0.4, -0.2) is 66.4 Å². The second kappa shape index (κ2) is 6.61. The molecule has 0 spiro atoms. The predicted octanol–water partition coefficient (Wildman–Crippen LogP) is -0.678. The molecule has 1 aromatic carbocycles. The number of aromatic nitrogens is 1. The van der Waals surface area contributed by atoms with E-state index in [4.69, 9.17) is 17.3 Å². The molecule has 2 aromatic rings. The van der Waals surface area contributed by atoms with E-state index in [1.165, 1.54) is 0 Å². The maximum Gasteiger partial charge on any atom is 0.120 e. The molecular formula is C14H17NO5S. The van der Waals surface area contributed by atoms with E-state index in [0.717, 1.165) is 10.9 Å². The third-order valence-corrected chi connectivity index (χ3v) is 3.78. The molecule has 21 heavy (non-hydrogen) atoms. The first-order valence-electron chi connectivity index (χ1n) is 6.40. The number of benzene rings is 1. The number of hydrogen-bond donors (Lipinski definition) is 6. The van der Waals surface area contributed by atoms with Crippen LogP contribution in [0.3, 0.4) is 0 Å². The van der Waals surface area contributed by atoms with Gasteiger partial charge in [0.1, 0.15) is 24.4 Å². The van der Waals surface area contributed by atoms with Crippen molar-refractivity contribution >= 4 is 28.0 Å². The number of thiocarbonyl (C=S) groups is 1. The van der Waals surface area contributed by atoms with Crippen molar-refractivity contribution < 1.29 is 25.5 Å². The molecule has 0 aliphatic rings. The second-order valence-corrected chi connectivity index (χ2v) is 5.25. The van der Waals surface area contributed by atoms with Gasteiger partial charge in [-0.25, -0.2) is 0 Å². The van der Waals surface area contributed by atoms with E-state index in [-0.39, 0.29) is 4.86 Å². The summed E-state index contributed by atoms with van der Waals surface area (Å²) >= 11 is 5.11. The Hall–Kier alpha value is -1.35. The largest absolute Gasteiger partial charge is 0.394 e. The minimum absolute atomic E-state index is 0.0166. The summed E-state index contributed by atoms with van der Waals surface area (Å²) in [4.78, 5) is 3.02. The minimum Gasteiger partial charge on any atom is -0.394 e. The molecule has 0 fully saturated rings. The van der Waals surface area contributed by atoms with Crippen molar-refractivity contribution in [3.8, 4) is 0 Å². The summed E-state index contributed by atoms with van der Waals surface area (Å²) in [6, 6.07) is 9.14. The van der Waals surface area contributed by atoms with E-state index >= 15 is 0 Å². The summed E-state index contributed by atoms with van der Waals surface area (Å²) in [5.41, 5.74) is 1.27. The van der Waals surface area contributed by atoms with Gasteiger partial charge in [-0.15, -0.1) is 0 Å². The van der Waals surface area contributed by atoms with E-state index in [0.29, 0.717) is 5.69 Å². The van der Waals surface area contributed by atoms with Crippen LogP contribution in [0.25, 0.3) is 10.9 Å². The summed E-state index contributed by atoms with van der Waals surface area (Å²) in [6.45, 7) is -0.732. The smallest absolute Gasteiger partial charge is 0.120 e. The van der Waals surface area contributed by atoms with Crippen molar-refractivity contribution in [3.05, 3.63) is 36.0 Å². The van der Waals surface area contributed by atoms with Crippen molar-refractivity contribution in [3.63, 3.8) is 0 Å². The highest BCUT2D eigenvalue weighted by Crippen LogP contribution is 2.18. The number of aliphatic hydroxyl groups excluding tert-OH is 5. The maximum atomic E-state index is 10.0. The third kappa shape index (κ3) is 3.29. The Labute approximate surface area is 126 Å². The number of para-hydroxylation sites is 1. The normalized spacial score (nSPS) is 17.4. The molecule has 0 saturated carbocycles. The summed E-state index contributed by atoms with van der Waals surface area (Å²) < 4.78 is 0.